The minimum absolute atomic E-state index is 0.0393. The zero-order chi connectivity index (χ0) is 14.5. The first-order chi connectivity index (χ1) is 8.98. The number of carbonyl (C=O) groups excluding carboxylic acids is 2. The van der Waals surface area contributed by atoms with Crippen LogP contribution in [-0.4, -0.2) is 17.4 Å². The second kappa shape index (κ2) is 6.45. The monoisotopic (exact) mass is 264 g/mol. The van der Waals surface area contributed by atoms with Crippen molar-refractivity contribution in [2.24, 2.45) is 5.92 Å². The van der Waals surface area contributed by atoms with Gasteiger partial charge in [-0.3, -0.25) is 9.59 Å². The molecule has 2 heterocycles. The Balaban J connectivity index is 0.000000861. The summed E-state index contributed by atoms with van der Waals surface area (Å²) in [5, 5.41) is 0. The number of hydrogen-bond donors (Lipinski definition) is 0. The van der Waals surface area contributed by atoms with E-state index in [2.05, 4.69) is 0 Å². The van der Waals surface area contributed by atoms with E-state index in [0.717, 1.165) is 0 Å². The average molecular weight is 264 g/mol. The Bertz CT molecular complexity index is 420. The van der Waals surface area contributed by atoms with Gasteiger partial charge in [-0.15, -0.1) is 0 Å². The fourth-order valence-corrected chi connectivity index (χ4v) is 2.00. The molecule has 4 heteroatoms. The highest BCUT2D eigenvalue weighted by molar-refractivity contribution is 6.01. The van der Waals surface area contributed by atoms with Crippen LogP contribution < -0.4 is 4.57 Å². The van der Waals surface area contributed by atoms with E-state index in [1.54, 1.807) is 13.8 Å². The maximum atomic E-state index is 11.9. The lowest BCUT2D eigenvalue weighted by atomic mass is 9.89. The number of carbonyl (C=O) groups is 2. The minimum Gasteiger partial charge on any atom is -0.458 e. The van der Waals surface area contributed by atoms with Gasteiger partial charge in [-0.1, -0.05) is 19.9 Å². The van der Waals surface area contributed by atoms with Crippen molar-refractivity contribution in [2.75, 3.05) is 0 Å². The van der Waals surface area contributed by atoms with Gasteiger partial charge in [-0.25, -0.2) is 4.57 Å². The van der Waals surface area contributed by atoms with Crippen LogP contribution in [0.25, 0.3) is 0 Å². The van der Waals surface area contributed by atoms with Crippen LogP contribution in [0.1, 0.15) is 34.1 Å². The van der Waals surface area contributed by atoms with Gasteiger partial charge in [-0.2, -0.15) is 0 Å². The van der Waals surface area contributed by atoms with Crippen molar-refractivity contribution in [3.8, 4) is 0 Å². The number of cyclic esters (lactones) is 1. The van der Waals surface area contributed by atoms with Crippen LogP contribution in [0, 0.1) is 5.92 Å². The van der Waals surface area contributed by atoms with Crippen LogP contribution in [0.5, 0.6) is 0 Å². The highest BCUT2D eigenvalue weighted by Gasteiger charge is 2.43. The molecule has 0 bridgehead atoms. The molecule has 1 saturated heterocycles. The Hall–Kier alpha value is -1.71. The molecule has 1 atom stereocenters. The van der Waals surface area contributed by atoms with Crippen LogP contribution in [0.2, 0.25) is 0 Å². The van der Waals surface area contributed by atoms with Crippen molar-refractivity contribution in [1.82, 2.24) is 0 Å². The van der Waals surface area contributed by atoms with Gasteiger partial charge in [0.2, 0.25) is 0 Å². The lowest BCUT2D eigenvalue weighted by Crippen LogP contribution is -2.50. The first-order valence-electron chi connectivity index (χ1n) is 6.68. The Morgan fingerprint density at radius 1 is 1.21 bits per heavy atom. The van der Waals surface area contributed by atoms with E-state index in [1.807, 2.05) is 49.0 Å². The number of ether oxygens (including phenoxy) is 1. The molecule has 0 spiro atoms. The van der Waals surface area contributed by atoms with Crippen molar-refractivity contribution < 1.29 is 18.9 Å². The number of Topliss-reactive ketones (excluding diaryl/α,β-unsaturated/α-hetero) is 1. The van der Waals surface area contributed by atoms with Crippen molar-refractivity contribution in [1.29, 1.82) is 0 Å². The molecule has 4 nitrogen and oxygen atoms in total. The quantitative estimate of drug-likeness (QED) is 0.466. The third kappa shape index (κ3) is 4.16. The highest BCUT2D eigenvalue weighted by atomic mass is 16.6. The fraction of sp³-hybridized carbons (Fsp3) is 0.533. The van der Waals surface area contributed by atoms with E-state index in [9.17, 15) is 9.59 Å². The molecule has 104 valence electrons. The first-order valence-corrected chi connectivity index (χ1v) is 6.68. The Kier molecular flexibility index (Phi) is 5.21. The average Bonchev–Trinajstić information content (AvgIpc) is 2.36. The summed E-state index contributed by atoms with van der Waals surface area (Å²) < 4.78 is 7.08. The summed E-state index contributed by atoms with van der Waals surface area (Å²) in [6.07, 6.45) is 3.96. The van der Waals surface area contributed by atoms with Gasteiger partial charge in [0.05, 0.1) is 0 Å². The predicted octanol–water partition coefficient (Wildman–Crippen LogP) is 1.91. The Morgan fingerprint density at radius 3 is 2.32 bits per heavy atom. The Labute approximate surface area is 114 Å². The summed E-state index contributed by atoms with van der Waals surface area (Å²) in [5.41, 5.74) is -0.661. The van der Waals surface area contributed by atoms with Crippen molar-refractivity contribution >= 4 is 11.8 Å². The van der Waals surface area contributed by atoms with Gasteiger partial charge in [-0.05, 0) is 13.8 Å². The second-order valence-corrected chi connectivity index (χ2v) is 4.95. The standard InChI is InChI=1S/C13H16NO3.C2H6/c1-13(2)8-11(15)10(12(16)17-13)9-14-6-4-3-5-7-14;1-2/h3-7,10H,8-9H2,1-2H3;1-2H3/q+1;. The van der Waals surface area contributed by atoms with Crippen LogP contribution in [0.4, 0.5) is 0 Å². The second-order valence-electron chi connectivity index (χ2n) is 4.95. The molecule has 1 fully saturated rings. The molecule has 2 rings (SSSR count). The summed E-state index contributed by atoms with van der Waals surface area (Å²) >= 11 is 0. The molecular weight excluding hydrogens is 242 g/mol. The smallest absolute Gasteiger partial charge is 0.323 e. The van der Waals surface area contributed by atoms with Crippen molar-refractivity contribution in [3.05, 3.63) is 30.6 Å². The summed E-state index contributed by atoms with van der Waals surface area (Å²) in [4.78, 5) is 23.7. The van der Waals surface area contributed by atoms with E-state index in [-0.39, 0.29) is 12.2 Å². The zero-order valence-corrected chi connectivity index (χ0v) is 12.1. The largest absolute Gasteiger partial charge is 0.458 e. The third-order valence-electron chi connectivity index (χ3n) is 2.82. The van der Waals surface area contributed by atoms with Crippen LogP contribution in [0.15, 0.2) is 30.6 Å². The molecule has 1 aliphatic heterocycles. The molecule has 0 amide bonds. The van der Waals surface area contributed by atoms with Crippen LogP contribution in [-0.2, 0) is 20.9 Å². The maximum Gasteiger partial charge on any atom is 0.323 e. The number of rotatable bonds is 2. The van der Waals surface area contributed by atoms with Gasteiger partial charge in [0, 0.05) is 18.6 Å². The fourth-order valence-electron chi connectivity index (χ4n) is 2.00. The maximum absolute atomic E-state index is 11.9. The molecule has 0 N–H and O–H groups in total. The number of pyridine rings is 1. The first kappa shape index (κ1) is 15.3. The van der Waals surface area contributed by atoms with Gasteiger partial charge in [0.15, 0.2) is 30.6 Å². The van der Waals surface area contributed by atoms with Gasteiger partial charge >= 0.3 is 5.97 Å². The topological polar surface area (TPSA) is 47.2 Å². The van der Waals surface area contributed by atoms with Crippen LogP contribution in [0.3, 0.4) is 0 Å². The summed E-state index contributed by atoms with van der Waals surface area (Å²) in [7, 11) is 0. The van der Waals surface area contributed by atoms with E-state index in [1.165, 1.54) is 0 Å². The lowest BCUT2D eigenvalue weighted by Gasteiger charge is -2.31. The van der Waals surface area contributed by atoms with Gasteiger partial charge in [0.1, 0.15) is 5.60 Å². The van der Waals surface area contributed by atoms with Crippen molar-refractivity contribution in [2.45, 2.75) is 46.3 Å². The van der Waals surface area contributed by atoms with E-state index < -0.39 is 17.5 Å². The number of nitrogens with zero attached hydrogens (tertiary/aromatic N) is 1. The summed E-state index contributed by atoms with van der Waals surface area (Å²) in [6.45, 7) is 7.87. The Morgan fingerprint density at radius 2 is 1.79 bits per heavy atom. The molecule has 19 heavy (non-hydrogen) atoms. The SMILES string of the molecule is CC.CC1(C)CC(=O)C(C[n+]2ccccc2)C(=O)O1. The molecule has 1 aromatic rings. The normalized spacial score (nSPS) is 21.2. The summed E-state index contributed by atoms with van der Waals surface area (Å²) in [5.74, 6) is -1.12. The highest BCUT2D eigenvalue weighted by Crippen LogP contribution is 2.25. The molecule has 0 aliphatic carbocycles. The zero-order valence-electron chi connectivity index (χ0n) is 12.1. The predicted molar refractivity (Wildman–Crippen MR) is 71.3 cm³/mol. The van der Waals surface area contributed by atoms with E-state index >= 15 is 0 Å². The molecule has 0 radical (unpaired) electrons. The molecular formula is C15H22NO3+. The van der Waals surface area contributed by atoms with Gasteiger partial charge < -0.3 is 4.74 Å². The lowest BCUT2D eigenvalue weighted by molar-refractivity contribution is -0.699. The number of hydrogen-bond acceptors (Lipinski definition) is 3. The molecule has 1 aromatic heterocycles. The third-order valence-corrected chi connectivity index (χ3v) is 2.82. The number of ketones is 1. The minimum atomic E-state index is -0.671. The molecule has 1 unspecified atom stereocenters. The van der Waals surface area contributed by atoms with E-state index in [0.29, 0.717) is 6.54 Å². The van der Waals surface area contributed by atoms with Crippen LogP contribution >= 0.6 is 0 Å². The van der Waals surface area contributed by atoms with E-state index in [4.69, 9.17) is 4.74 Å². The molecule has 1 aliphatic rings. The van der Waals surface area contributed by atoms with Gasteiger partial charge in [0.25, 0.3) is 0 Å². The number of aromatic nitrogens is 1. The summed E-state index contributed by atoms with van der Waals surface area (Å²) in [6, 6.07) is 5.62. The number of esters is 1. The molecule has 0 saturated carbocycles. The molecule has 0 aromatic carbocycles. The van der Waals surface area contributed by atoms with Crippen molar-refractivity contribution in [3.63, 3.8) is 0 Å².